The number of guanidine groups is 1. The third-order valence-corrected chi connectivity index (χ3v) is 5.91. The molecule has 0 aliphatic carbocycles. The van der Waals surface area contributed by atoms with Gasteiger partial charge in [-0.2, -0.15) is 0 Å². The Balaban J connectivity index is 1.79. The standard InChI is InChI=1S/C21H38N4OS/c1-20(2,3)16-14-27-17(25-16)10-11-23-19(22-7)24-13-15-9-8-12-26-18(15)21(4,5)6/h14-15,18H,8-13H2,1-7H3,(H2,22,23,24). The fraction of sp³-hybridized carbons (Fsp3) is 0.810. The van der Waals surface area contributed by atoms with Gasteiger partial charge in [0.2, 0.25) is 0 Å². The molecule has 2 N–H and O–H groups in total. The van der Waals surface area contributed by atoms with Crippen LogP contribution >= 0.6 is 11.3 Å². The maximum atomic E-state index is 6.08. The van der Waals surface area contributed by atoms with Crippen molar-refractivity contribution in [3.8, 4) is 0 Å². The molecular weight excluding hydrogens is 356 g/mol. The van der Waals surface area contributed by atoms with Crippen LogP contribution in [0, 0.1) is 11.3 Å². The summed E-state index contributed by atoms with van der Waals surface area (Å²) in [6.07, 6.45) is 3.56. The number of aromatic nitrogens is 1. The van der Waals surface area contributed by atoms with Crippen molar-refractivity contribution in [3.05, 3.63) is 16.1 Å². The van der Waals surface area contributed by atoms with E-state index in [4.69, 9.17) is 9.72 Å². The van der Waals surface area contributed by atoms with Gasteiger partial charge < -0.3 is 15.4 Å². The molecule has 1 fully saturated rings. The maximum Gasteiger partial charge on any atom is 0.191 e. The molecule has 1 aliphatic heterocycles. The highest BCUT2D eigenvalue weighted by molar-refractivity contribution is 7.09. The summed E-state index contributed by atoms with van der Waals surface area (Å²) in [5.74, 6) is 1.38. The highest BCUT2D eigenvalue weighted by Crippen LogP contribution is 2.33. The van der Waals surface area contributed by atoms with E-state index in [2.05, 4.69) is 62.5 Å². The summed E-state index contributed by atoms with van der Waals surface area (Å²) in [5, 5.41) is 10.3. The molecule has 1 aromatic rings. The Morgan fingerprint density at radius 2 is 2.00 bits per heavy atom. The molecule has 0 aromatic carbocycles. The Morgan fingerprint density at radius 3 is 2.59 bits per heavy atom. The Hall–Kier alpha value is -1.14. The lowest BCUT2D eigenvalue weighted by Crippen LogP contribution is -2.47. The van der Waals surface area contributed by atoms with E-state index in [1.54, 1.807) is 11.3 Å². The molecule has 5 nitrogen and oxygen atoms in total. The van der Waals surface area contributed by atoms with E-state index in [9.17, 15) is 0 Å². The van der Waals surface area contributed by atoms with Crippen LogP contribution in [0.3, 0.4) is 0 Å². The van der Waals surface area contributed by atoms with Crippen molar-refractivity contribution in [1.82, 2.24) is 15.6 Å². The molecule has 0 bridgehead atoms. The molecule has 2 rings (SSSR count). The minimum Gasteiger partial charge on any atom is -0.377 e. The number of hydrogen-bond acceptors (Lipinski definition) is 4. The summed E-state index contributed by atoms with van der Waals surface area (Å²) in [4.78, 5) is 9.13. The number of aliphatic imine (C=N–C) groups is 1. The molecule has 2 atom stereocenters. The summed E-state index contributed by atoms with van der Waals surface area (Å²) in [6.45, 7) is 16.0. The van der Waals surface area contributed by atoms with Gasteiger partial charge in [0.25, 0.3) is 0 Å². The molecule has 27 heavy (non-hydrogen) atoms. The Kier molecular flexibility index (Phi) is 7.69. The summed E-state index contributed by atoms with van der Waals surface area (Å²) in [5.41, 5.74) is 1.46. The topological polar surface area (TPSA) is 58.5 Å². The first-order chi connectivity index (χ1) is 12.6. The SMILES string of the molecule is CN=C(NCCc1nc(C(C)(C)C)cs1)NCC1CCCOC1C(C)(C)C. The van der Waals surface area contributed by atoms with Gasteiger partial charge in [0, 0.05) is 49.9 Å². The number of nitrogens with zero attached hydrogens (tertiary/aromatic N) is 2. The summed E-state index contributed by atoms with van der Waals surface area (Å²) in [7, 11) is 1.83. The number of hydrogen-bond donors (Lipinski definition) is 2. The first-order valence-corrected chi connectivity index (χ1v) is 11.0. The number of nitrogens with one attached hydrogen (secondary N) is 2. The third kappa shape index (κ3) is 6.75. The maximum absolute atomic E-state index is 6.08. The van der Waals surface area contributed by atoms with Gasteiger partial charge in [-0.3, -0.25) is 4.99 Å². The third-order valence-electron chi connectivity index (χ3n) is 5.01. The lowest BCUT2D eigenvalue weighted by molar-refractivity contribution is -0.0835. The van der Waals surface area contributed by atoms with Crippen molar-refractivity contribution in [1.29, 1.82) is 0 Å². The van der Waals surface area contributed by atoms with E-state index in [1.165, 1.54) is 17.1 Å². The zero-order valence-corrected chi connectivity index (χ0v) is 19.0. The largest absolute Gasteiger partial charge is 0.377 e. The van der Waals surface area contributed by atoms with Gasteiger partial charge in [-0.25, -0.2) is 4.98 Å². The lowest BCUT2D eigenvalue weighted by atomic mass is 9.78. The first-order valence-electron chi connectivity index (χ1n) is 10.1. The van der Waals surface area contributed by atoms with Crippen molar-refractivity contribution in [2.45, 2.75) is 72.3 Å². The van der Waals surface area contributed by atoms with Gasteiger partial charge in [0.15, 0.2) is 5.96 Å². The van der Waals surface area contributed by atoms with Crippen LogP contribution in [-0.4, -0.2) is 43.8 Å². The highest BCUT2D eigenvalue weighted by Gasteiger charge is 2.35. The fourth-order valence-electron chi connectivity index (χ4n) is 3.52. The van der Waals surface area contributed by atoms with Crippen LogP contribution in [0.2, 0.25) is 0 Å². The fourth-order valence-corrected chi connectivity index (χ4v) is 4.54. The molecular formula is C21H38N4OS. The van der Waals surface area contributed by atoms with E-state index < -0.39 is 0 Å². The van der Waals surface area contributed by atoms with Crippen LogP contribution in [0.4, 0.5) is 0 Å². The predicted octanol–water partition coefficient (Wildman–Crippen LogP) is 3.99. The van der Waals surface area contributed by atoms with Crippen LogP contribution in [0.1, 0.15) is 65.1 Å². The van der Waals surface area contributed by atoms with Crippen LogP contribution in [0.25, 0.3) is 0 Å². The first kappa shape index (κ1) is 22.2. The van der Waals surface area contributed by atoms with E-state index >= 15 is 0 Å². The molecule has 154 valence electrons. The van der Waals surface area contributed by atoms with Gasteiger partial charge in [0.05, 0.1) is 16.8 Å². The summed E-state index contributed by atoms with van der Waals surface area (Å²) >= 11 is 1.75. The zero-order valence-electron chi connectivity index (χ0n) is 18.2. The highest BCUT2D eigenvalue weighted by atomic mass is 32.1. The molecule has 2 unspecified atom stereocenters. The molecule has 1 aromatic heterocycles. The van der Waals surface area contributed by atoms with Crippen LogP contribution in [0.15, 0.2) is 10.4 Å². The van der Waals surface area contributed by atoms with Gasteiger partial charge >= 0.3 is 0 Å². The van der Waals surface area contributed by atoms with Crippen LogP contribution in [0.5, 0.6) is 0 Å². The second-order valence-electron chi connectivity index (χ2n) is 9.57. The van der Waals surface area contributed by atoms with Gasteiger partial charge in [-0.05, 0) is 18.3 Å². The van der Waals surface area contributed by atoms with Crippen molar-refractivity contribution < 1.29 is 4.74 Å². The molecule has 1 aliphatic rings. The van der Waals surface area contributed by atoms with Crippen molar-refractivity contribution in [2.75, 3.05) is 26.7 Å². The molecule has 0 amide bonds. The second-order valence-corrected chi connectivity index (χ2v) is 10.5. The van der Waals surface area contributed by atoms with E-state index in [1.807, 2.05) is 7.05 Å². The molecule has 0 radical (unpaired) electrons. The smallest absolute Gasteiger partial charge is 0.191 e. The quantitative estimate of drug-likeness (QED) is 0.586. The van der Waals surface area contributed by atoms with E-state index in [-0.39, 0.29) is 10.8 Å². The Labute approximate surface area is 169 Å². The zero-order chi connectivity index (χ0) is 20.1. The molecule has 6 heteroatoms. The Morgan fingerprint density at radius 1 is 1.26 bits per heavy atom. The van der Waals surface area contributed by atoms with Gasteiger partial charge in [-0.1, -0.05) is 41.5 Å². The average molecular weight is 395 g/mol. The second kappa shape index (κ2) is 9.37. The van der Waals surface area contributed by atoms with Crippen molar-refractivity contribution in [3.63, 3.8) is 0 Å². The number of ether oxygens (including phenoxy) is 1. The normalized spacial score (nSPS) is 22.0. The van der Waals surface area contributed by atoms with E-state index in [0.29, 0.717) is 12.0 Å². The molecule has 1 saturated heterocycles. The minimum absolute atomic E-state index is 0.117. The molecule has 0 saturated carbocycles. The predicted molar refractivity (Wildman–Crippen MR) is 116 cm³/mol. The summed E-state index contributed by atoms with van der Waals surface area (Å²) < 4.78 is 6.08. The minimum atomic E-state index is 0.117. The van der Waals surface area contributed by atoms with Crippen LogP contribution < -0.4 is 10.6 Å². The average Bonchev–Trinajstić information content (AvgIpc) is 3.06. The molecule has 0 spiro atoms. The number of rotatable bonds is 5. The van der Waals surface area contributed by atoms with Crippen molar-refractivity contribution in [2.24, 2.45) is 16.3 Å². The number of thiazole rings is 1. The lowest BCUT2D eigenvalue weighted by Gasteiger charge is -2.40. The molecule has 2 heterocycles. The van der Waals surface area contributed by atoms with Gasteiger partial charge in [-0.15, -0.1) is 11.3 Å². The van der Waals surface area contributed by atoms with Gasteiger partial charge in [0.1, 0.15) is 0 Å². The van der Waals surface area contributed by atoms with E-state index in [0.717, 1.165) is 38.5 Å². The van der Waals surface area contributed by atoms with Crippen LogP contribution in [-0.2, 0) is 16.6 Å². The Bertz CT molecular complexity index is 612. The summed E-state index contributed by atoms with van der Waals surface area (Å²) in [6, 6.07) is 0. The van der Waals surface area contributed by atoms with Crippen molar-refractivity contribution >= 4 is 17.3 Å². The monoisotopic (exact) mass is 394 g/mol.